The first-order chi connectivity index (χ1) is 11.3. The van der Waals surface area contributed by atoms with Crippen LogP contribution in [0.4, 0.5) is 0 Å². The molecule has 0 radical (unpaired) electrons. The molecule has 0 aromatic carbocycles. The maximum absolute atomic E-state index is 6.14. The second kappa shape index (κ2) is 10.1. The summed E-state index contributed by atoms with van der Waals surface area (Å²) in [5, 5.41) is 0. The van der Waals surface area contributed by atoms with Crippen molar-refractivity contribution in [3.8, 4) is 5.88 Å². The molecule has 1 aromatic rings. The number of aliphatic imine (C=N–C) groups is 1. The van der Waals surface area contributed by atoms with Crippen molar-refractivity contribution in [3.63, 3.8) is 0 Å². The van der Waals surface area contributed by atoms with E-state index in [1.54, 1.807) is 0 Å². The Hall–Kier alpha value is -1.05. The van der Waals surface area contributed by atoms with Crippen LogP contribution in [0.1, 0.15) is 56.9 Å². The largest absolute Gasteiger partial charge is 0.474 e. The highest BCUT2D eigenvalue weighted by Gasteiger charge is 2.16. The monoisotopic (exact) mass is 444 g/mol. The van der Waals surface area contributed by atoms with E-state index in [0.717, 1.165) is 37.4 Å². The van der Waals surface area contributed by atoms with Gasteiger partial charge in [-0.05, 0) is 44.1 Å². The van der Waals surface area contributed by atoms with Gasteiger partial charge in [-0.2, -0.15) is 0 Å². The van der Waals surface area contributed by atoms with Crippen molar-refractivity contribution in [1.82, 2.24) is 9.88 Å². The second-order valence-electron chi connectivity index (χ2n) is 6.60. The summed E-state index contributed by atoms with van der Waals surface area (Å²) in [7, 11) is 0. The van der Waals surface area contributed by atoms with Gasteiger partial charge in [0, 0.05) is 25.4 Å². The highest BCUT2D eigenvalue weighted by Crippen LogP contribution is 2.22. The Balaban J connectivity index is 0.00000208. The number of ether oxygens (including phenoxy) is 1. The van der Waals surface area contributed by atoms with Crippen LogP contribution < -0.4 is 10.5 Å². The lowest BCUT2D eigenvalue weighted by Crippen LogP contribution is -2.38. The highest BCUT2D eigenvalue weighted by atomic mass is 127. The SMILES string of the molecule is I.NC(=NCc1ccc(OC2CCCC2)nc1)N1CCCCCC1. The first-order valence-corrected chi connectivity index (χ1v) is 8.98. The summed E-state index contributed by atoms with van der Waals surface area (Å²) in [6, 6.07) is 3.99. The number of likely N-dealkylation sites (tertiary alicyclic amines) is 1. The van der Waals surface area contributed by atoms with E-state index in [-0.39, 0.29) is 24.0 Å². The average Bonchev–Trinajstić information content (AvgIpc) is 2.93. The lowest BCUT2D eigenvalue weighted by atomic mass is 10.2. The second-order valence-corrected chi connectivity index (χ2v) is 6.60. The van der Waals surface area contributed by atoms with Gasteiger partial charge in [0.15, 0.2) is 5.96 Å². The molecule has 3 rings (SSSR count). The maximum Gasteiger partial charge on any atom is 0.213 e. The first-order valence-electron chi connectivity index (χ1n) is 8.98. The molecule has 0 amide bonds. The predicted molar refractivity (Wildman–Crippen MR) is 108 cm³/mol. The third kappa shape index (κ3) is 5.79. The van der Waals surface area contributed by atoms with Crippen molar-refractivity contribution in [2.24, 2.45) is 10.7 Å². The Morgan fingerprint density at radius 3 is 2.46 bits per heavy atom. The molecular weight excluding hydrogens is 415 g/mol. The number of pyridine rings is 1. The molecule has 24 heavy (non-hydrogen) atoms. The molecule has 1 saturated heterocycles. The van der Waals surface area contributed by atoms with Crippen molar-refractivity contribution in [2.75, 3.05) is 13.1 Å². The van der Waals surface area contributed by atoms with E-state index in [9.17, 15) is 0 Å². The van der Waals surface area contributed by atoms with Gasteiger partial charge in [0.2, 0.25) is 5.88 Å². The molecule has 1 aliphatic heterocycles. The van der Waals surface area contributed by atoms with Crippen LogP contribution in [0.25, 0.3) is 0 Å². The number of halogens is 1. The lowest BCUT2D eigenvalue weighted by molar-refractivity contribution is 0.201. The number of aromatic nitrogens is 1. The molecule has 0 atom stereocenters. The standard InChI is InChI=1S/C18H28N4O.HI/c19-18(22-11-5-1-2-6-12-22)21-14-15-9-10-17(20-13-15)23-16-7-3-4-8-16;/h9-10,13,16H,1-8,11-12,14H2,(H2,19,21);1H. The van der Waals surface area contributed by atoms with Crippen LogP contribution in [0.15, 0.2) is 23.3 Å². The molecule has 2 fully saturated rings. The zero-order valence-electron chi connectivity index (χ0n) is 14.3. The van der Waals surface area contributed by atoms with Crippen molar-refractivity contribution >= 4 is 29.9 Å². The number of hydrogen-bond acceptors (Lipinski definition) is 3. The van der Waals surface area contributed by atoms with Crippen LogP contribution in [0.3, 0.4) is 0 Å². The maximum atomic E-state index is 6.14. The van der Waals surface area contributed by atoms with Crippen LogP contribution >= 0.6 is 24.0 Å². The Bertz CT molecular complexity index is 506. The first kappa shape index (κ1) is 19.3. The van der Waals surface area contributed by atoms with E-state index in [1.165, 1.54) is 38.5 Å². The minimum Gasteiger partial charge on any atom is -0.474 e. The molecular formula is C18H29IN4O. The third-order valence-electron chi connectivity index (χ3n) is 4.74. The fraction of sp³-hybridized carbons (Fsp3) is 0.667. The molecule has 1 aromatic heterocycles. The van der Waals surface area contributed by atoms with Crippen LogP contribution in [-0.4, -0.2) is 35.0 Å². The van der Waals surface area contributed by atoms with Gasteiger partial charge >= 0.3 is 0 Å². The molecule has 0 unspecified atom stereocenters. The summed E-state index contributed by atoms with van der Waals surface area (Å²) in [6.45, 7) is 2.64. The van der Waals surface area contributed by atoms with Crippen molar-refractivity contribution in [2.45, 2.75) is 64.0 Å². The summed E-state index contributed by atoms with van der Waals surface area (Å²) in [5.41, 5.74) is 7.21. The summed E-state index contributed by atoms with van der Waals surface area (Å²) >= 11 is 0. The van der Waals surface area contributed by atoms with Crippen LogP contribution in [0.5, 0.6) is 5.88 Å². The van der Waals surface area contributed by atoms with Crippen LogP contribution in [-0.2, 0) is 6.54 Å². The van der Waals surface area contributed by atoms with E-state index in [1.807, 2.05) is 18.3 Å². The van der Waals surface area contributed by atoms with E-state index < -0.39 is 0 Å². The van der Waals surface area contributed by atoms with Gasteiger partial charge in [0.25, 0.3) is 0 Å². The number of guanidine groups is 1. The molecule has 134 valence electrons. The zero-order valence-corrected chi connectivity index (χ0v) is 16.7. The summed E-state index contributed by atoms with van der Waals surface area (Å²) in [4.78, 5) is 11.1. The molecule has 2 aliphatic rings. The highest BCUT2D eigenvalue weighted by molar-refractivity contribution is 14.0. The van der Waals surface area contributed by atoms with Gasteiger partial charge in [-0.1, -0.05) is 18.9 Å². The van der Waals surface area contributed by atoms with E-state index >= 15 is 0 Å². The number of rotatable bonds is 4. The van der Waals surface area contributed by atoms with E-state index in [4.69, 9.17) is 10.5 Å². The normalized spacial score (nSPS) is 19.7. The number of hydrogen-bond donors (Lipinski definition) is 1. The molecule has 2 heterocycles. The van der Waals surface area contributed by atoms with Gasteiger partial charge in [-0.3, -0.25) is 0 Å². The quantitative estimate of drug-likeness (QED) is 0.437. The van der Waals surface area contributed by atoms with Gasteiger partial charge in [0.05, 0.1) is 6.54 Å². The number of nitrogens with zero attached hydrogens (tertiary/aromatic N) is 3. The average molecular weight is 444 g/mol. The molecule has 5 nitrogen and oxygen atoms in total. The van der Waals surface area contributed by atoms with Gasteiger partial charge in [-0.15, -0.1) is 24.0 Å². The minimum absolute atomic E-state index is 0. The number of nitrogens with two attached hydrogens (primary N) is 1. The van der Waals surface area contributed by atoms with Crippen molar-refractivity contribution in [3.05, 3.63) is 23.9 Å². The van der Waals surface area contributed by atoms with Crippen molar-refractivity contribution < 1.29 is 4.74 Å². The van der Waals surface area contributed by atoms with Crippen molar-refractivity contribution in [1.29, 1.82) is 0 Å². The van der Waals surface area contributed by atoms with Crippen LogP contribution in [0, 0.1) is 0 Å². The molecule has 1 aliphatic carbocycles. The van der Waals surface area contributed by atoms with E-state index in [2.05, 4.69) is 14.9 Å². The Labute approximate surface area is 162 Å². The lowest BCUT2D eigenvalue weighted by Gasteiger charge is -2.21. The summed E-state index contributed by atoms with van der Waals surface area (Å²) in [5.74, 6) is 1.39. The smallest absolute Gasteiger partial charge is 0.213 e. The predicted octanol–water partition coefficient (Wildman–Crippen LogP) is 3.71. The molecule has 0 bridgehead atoms. The van der Waals surface area contributed by atoms with Gasteiger partial charge in [0.1, 0.15) is 6.10 Å². The van der Waals surface area contributed by atoms with Gasteiger partial charge in [-0.25, -0.2) is 9.98 Å². The topological polar surface area (TPSA) is 63.7 Å². The summed E-state index contributed by atoms with van der Waals surface area (Å²) in [6.07, 6.45) is 12.1. The minimum atomic E-state index is 0. The Morgan fingerprint density at radius 2 is 1.83 bits per heavy atom. The fourth-order valence-electron chi connectivity index (χ4n) is 3.32. The fourth-order valence-corrected chi connectivity index (χ4v) is 3.32. The summed E-state index contributed by atoms with van der Waals surface area (Å²) < 4.78 is 5.89. The molecule has 2 N–H and O–H groups in total. The molecule has 6 heteroatoms. The third-order valence-corrected chi connectivity index (χ3v) is 4.74. The Morgan fingerprint density at radius 1 is 1.12 bits per heavy atom. The van der Waals surface area contributed by atoms with Gasteiger partial charge < -0.3 is 15.4 Å². The molecule has 0 spiro atoms. The van der Waals surface area contributed by atoms with Crippen LogP contribution in [0.2, 0.25) is 0 Å². The zero-order chi connectivity index (χ0) is 15.9. The Kier molecular flexibility index (Phi) is 8.08. The van der Waals surface area contributed by atoms with E-state index in [0.29, 0.717) is 18.6 Å². The molecule has 1 saturated carbocycles.